The van der Waals surface area contributed by atoms with E-state index in [0.717, 1.165) is 23.5 Å². The third kappa shape index (κ3) is 2.40. The van der Waals surface area contributed by atoms with Crippen LogP contribution >= 0.6 is 11.6 Å². The Morgan fingerprint density at radius 3 is 2.44 bits per heavy atom. The zero-order chi connectivity index (χ0) is 13.3. The highest BCUT2D eigenvalue weighted by atomic mass is 35.5. The van der Waals surface area contributed by atoms with E-state index in [-0.39, 0.29) is 11.1 Å². The van der Waals surface area contributed by atoms with Gasteiger partial charge in [-0.25, -0.2) is 8.78 Å². The van der Waals surface area contributed by atoms with Crippen molar-refractivity contribution >= 4 is 11.6 Å². The quantitative estimate of drug-likeness (QED) is 0.859. The smallest absolute Gasteiger partial charge is 0.160 e. The third-order valence-corrected chi connectivity index (χ3v) is 3.05. The summed E-state index contributed by atoms with van der Waals surface area (Å²) < 4.78 is 31.5. The van der Waals surface area contributed by atoms with Gasteiger partial charge in [0.15, 0.2) is 11.6 Å². The summed E-state index contributed by atoms with van der Waals surface area (Å²) in [6.07, 6.45) is 1.56. The van der Waals surface area contributed by atoms with E-state index in [9.17, 15) is 8.78 Å². The van der Waals surface area contributed by atoms with Gasteiger partial charge >= 0.3 is 0 Å². The molecule has 0 amide bonds. The molecule has 0 aliphatic heterocycles. The van der Waals surface area contributed by atoms with Crippen LogP contribution in [0.2, 0.25) is 5.02 Å². The maximum Gasteiger partial charge on any atom is 0.160 e. The summed E-state index contributed by atoms with van der Waals surface area (Å²) in [6.45, 7) is 1.81. The minimum atomic E-state index is -0.957. The molecule has 0 spiro atoms. The van der Waals surface area contributed by atoms with E-state index in [4.69, 9.17) is 16.0 Å². The Morgan fingerprint density at radius 2 is 1.89 bits per heavy atom. The van der Waals surface area contributed by atoms with Crippen LogP contribution in [-0.4, -0.2) is 7.05 Å². The lowest BCUT2D eigenvalue weighted by atomic mass is 10.0. The van der Waals surface area contributed by atoms with Crippen LogP contribution in [0.3, 0.4) is 0 Å². The molecule has 2 aromatic rings. The molecule has 0 fully saturated rings. The zero-order valence-corrected chi connectivity index (χ0v) is 10.7. The van der Waals surface area contributed by atoms with Gasteiger partial charge in [-0.15, -0.1) is 0 Å². The lowest BCUT2D eigenvalue weighted by Gasteiger charge is -2.16. The van der Waals surface area contributed by atoms with Crippen LogP contribution in [0.1, 0.15) is 22.9 Å². The molecule has 1 atom stereocenters. The molecule has 96 valence electrons. The first-order valence-corrected chi connectivity index (χ1v) is 5.77. The fourth-order valence-corrected chi connectivity index (χ4v) is 2.14. The van der Waals surface area contributed by atoms with E-state index in [1.807, 2.05) is 13.0 Å². The SMILES string of the molecule is CNC(c1coc(C)c1)c1cc(F)c(F)cc1Cl. The van der Waals surface area contributed by atoms with Crippen molar-refractivity contribution in [2.24, 2.45) is 0 Å². The minimum absolute atomic E-state index is 0.173. The Morgan fingerprint density at radius 1 is 1.22 bits per heavy atom. The summed E-state index contributed by atoms with van der Waals surface area (Å²) in [5.41, 5.74) is 1.28. The average molecular weight is 272 g/mol. The second kappa shape index (κ2) is 5.08. The number of furan rings is 1. The topological polar surface area (TPSA) is 25.2 Å². The molecule has 0 saturated heterocycles. The Bertz CT molecular complexity index is 568. The molecule has 1 aromatic heterocycles. The maximum absolute atomic E-state index is 13.3. The van der Waals surface area contributed by atoms with Gasteiger partial charge in [0.05, 0.1) is 12.3 Å². The lowest BCUT2D eigenvalue weighted by molar-refractivity contribution is 0.504. The van der Waals surface area contributed by atoms with E-state index >= 15 is 0 Å². The molecule has 5 heteroatoms. The van der Waals surface area contributed by atoms with Gasteiger partial charge in [0.2, 0.25) is 0 Å². The van der Waals surface area contributed by atoms with Crippen LogP contribution in [0.25, 0.3) is 0 Å². The Labute approximate surface area is 109 Å². The Balaban J connectivity index is 2.48. The molecule has 0 bridgehead atoms. The highest BCUT2D eigenvalue weighted by Crippen LogP contribution is 2.30. The number of benzene rings is 1. The van der Waals surface area contributed by atoms with Crippen molar-refractivity contribution in [2.75, 3.05) is 7.05 Å². The van der Waals surface area contributed by atoms with Gasteiger partial charge in [0.25, 0.3) is 0 Å². The van der Waals surface area contributed by atoms with E-state index in [1.54, 1.807) is 13.3 Å². The van der Waals surface area contributed by atoms with Crippen LogP contribution in [0.4, 0.5) is 8.78 Å². The molecular weight excluding hydrogens is 260 g/mol. The third-order valence-electron chi connectivity index (χ3n) is 2.72. The molecule has 2 nitrogen and oxygen atoms in total. The van der Waals surface area contributed by atoms with Crippen LogP contribution in [0.5, 0.6) is 0 Å². The predicted octanol–water partition coefficient (Wildman–Crippen LogP) is 3.83. The number of nitrogens with one attached hydrogen (secondary N) is 1. The fourth-order valence-electron chi connectivity index (χ4n) is 1.88. The van der Waals surface area contributed by atoms with Gasteiger partial charge in [-0.3, -0.25) is 0 Å². The highest BCUT2D eigenvalue weighted by molar-refractivity contribution is 6.31. The van der Waals surface area contributed by atoms with Crippen molar-refractivity contribution in [3.05, 3.63) is 58.0 Å². The Hall–Kier alpha value is -1.39. The van der Waals surface area contributed by atoms with Crippen molar-refractivity contribution in [3.63, 3.8) is 0 Å². The zero-order valence-electron chi connectivity index (χ0n) is 9.93. The molecule has 2 rings (SSSR count). The summed E-state index contributed by atoms with van der Waals surface area (Å²) in [5, 5.41) is 3.18. The number of aryl methyl sites for hydroxylation is 1. The van der Waals surface area contributed by atoms with Gasteiger partial charge in [0.1, 0.15) is 5.76 Å². The normalized spacial score (nSPS) is 12.7. The molecule has 0 saturated carbocycles. The van der Waals surface area contributed by atoms with Gasteiger partial charge in [0, 0.05) is 10.6 Å². The largest absolute Gasteiger partial charge is 0.469 e. The van der Waals surface area contributed by atoms with Gasteiger partial charge in [-0.05, 0) is 37.7 Å². The molecule has 0 radical (unpaired) electrons. The van der Waals surface area contributed by atoms with Crippen LogP contribution < -0.4 is 5.32 Å². The summed E-state index contributed by atoms with van der Waals surface area (Å²) in [4.78, 5) is 0. The van der Waals surface area contributed by atoms with E-state index in [0.29, 0.717) is 5.56 Å². The molecule has 0 aliphatic carbocycles. The summed E-state index contributed by atoms with van der Waals surface area (Å²) in [5.74, 6) is -1.14. The minimum Gasteiger partial charge on any atom is -0.469 e. The summed E-state index contributed by atoms with van der Waals surface area (Å²) in [7, 11) is 1.71. The van der Waals surface area contributed by atoms with Crippen LogP contribution in [-0.2, 0) is 0 Å². The second-order valence-electron chi connectivity index (χ2n) is 4.00. The molecule has 18 heavy (non-hydrogen) atoms. The molecule has 1 aromatic carbocycles. The average Bonchev–Trinajstić information content (AvgIpc) is 2.73. The van der Waals surface area contributed by atoms with Gasteiger partial charge < -0.3 is 9.73 Å². The van der Waals surface area contributed by atoms with Crippen molar-refractivity contribution < 1.29 is 13.2 Å². The van der Waals surface area contributed by atoms with Crippen LogP contribution in [0.15, 0.2) is 28.9 Å². The van der Waals surface area contributed by atoms with Gasteiger partial charge in [-0.1, -0.05) is 11.6 Å². The Kier molecular flexibility index (Phi) is 3.68. The number of halogens is 3. The molecular formula is C13H12ClF2NO. The molecule has 1 heterocycles. The molecule has 1 unspecified atom stereocenters. The number of hydrogen-bond acceptors (Lipinski definition) is 2. The van der Waals surface area contributed by atoms with E-state index in [1.165, 1.54) is 0 Å². The lowest BCUT2D eigenvalue weighted by Crippen LogP contribution is -2.18. The maximum atomic E-state index is 13.3. The monoisotopic (exact) mass is 271 g/mol. The fraction of sp³-hybridized carbons (Fsp3) is 0.231. The number of hydrogen-bond donors (Lipinski definition) is 1. The van der Waals surface area contributed by atoms with Crippen molar-refractivity contribution in [2.45, 2.75) is 13.0 Å². The summed E-state index contributed by atoms with van der Waals surface area (Å²) >= 11 is 5.95. The first kappa shape index (κ1) is 13.1. The predicted molar refractivity (Wildman–Crippen MR) is 65.7 cm³/mol. The van der Waals surface area contributed by atoms with E-state index < -0.39 is 11.6 Å². The summed E-state index contributed by atoms with van der Waals surface area (Å²) in [6, 6.07) is 3.55. The molecule has 1 N–H and O–H groups in total. The molecule has 0 aliphatic rings. The number of rotatable bonds is 3. The van der Waals surface area contributed by atoms with Crippen LogP contribution in [0, 0.1) is 18.6 Å². The van der Waals surface area contributed by atoms with Crippen molar-refractivity contribution in [1.82, 2.24) is 5.32 Å². The second-order valence-corrected chi connectivity index (χ2v) is 4.41. The van der Waals surface area contributed by atoms with E-state index in [2.05, 4.69) is 5.32 Å². The van der Waals surface area contributed by atoms with Crippen molar-refractivity contribution in [3.8, 4) is 0 Å². The van der Waals surface area contributed by atoms with Crippen molar-refractivity contribution in [1.29, 1.82) is 0 Å². The highest BCUT2D eigenvalue weighted by Gasteiger charge is 2.19. The first-order chi connectivity index (χ1) is 8.52. The first-order valence-electron chi connectivity index (χ1n) is 5.39. The standard InChI is InChI=1S/C13H12ClF2NO/c1-7-3-8(6-18-7)13(17-2)9-4-11(15)12(16)5-10(9)14/h3-6,13,17H,1-2H3. The van der Waals surface area contributed by atoms with Gasteiger partial charge in [-0.2, -0.15) is 0 Å².